The summed E-state index contributed by atoms with van der Waals surface area (Å²) >= 11 is 0. The van der Waals surface area contributed by atoms with E-state index in [0.717, 1.165) is 25.7 Å². The molecule has 1 aliphatic rings. The van der Waals surface area contributed by atoms with Crippen LogP contribution in [0.4, 0.5) is 0 Å². The first kappa shape index (κ1) is 16.7. The molecule has 6 heteroatoms. The molecule has 3 N–H and O–H groups in total. The van der Waals surface area contributed by atoms with Crippen molar-refractivity contribution in [3.05, 3.63) is 22.6 Å². The Labute approximate surface area is 124 Å². The van der Waals surface area contributed by atoms with Crippen LogP contribution in [-0.4, -0.2) is 24.8 Å². The van der Waals surface area contributed by atoms with Crippen LogP contribution in [0.5, 0.6) is 0 Å². The molecule has 0 aliphatic heterocycles. The van der Waals surface area contributed by atoms with E-state index in [9.17, 15) is 9.59 Å². The Kier molecular flexibility index (Phi) is 6.23. The molecular weight excluding hydrogens is 280 g/mol. The monoisotopic (exact) mass is 300 g/mol. The van der Waals surface area contributed by atoms with Crippen LogP contribution in [0.25, 0.3) is 0 Å². The average molecular weight is 301 g/mol. The van der Waals surface area contributed by atoms with Gasteiger partial charge in [-0.15, -0.1) is 12.4 Å². The van der Waals surface area contributed by atoms with Crippen LogP contribution in [-0.2, 0) is 6.42 Å². The first-order chi connectivity index (χ1) is 9.15. The second-order valence-corrected chi connectivity index (χ2v) is 4.88. The Hall–Kier alpha value is -1.33. The molecule has 0 aromatic carbocycles. The fourth-order valence-corrected chi connectivity index (χ4v) is 2.42. The lowest BCUT2D eigenvalue weighted by Crippen LogP contribution is -2.25. The molecule has 0 radical (unpaired) electrons. The van der Waals surface area contributed by atoms with Gasteiger partial charge in [0, 0.05) is 24.9 Å². The SMILES string of the molecule is Cc1c(C(=O)NCCCCN)oc2c1C(=O)CCC2.Cl. The highest BCUT2D eigenvalue weighted by Crippen LogP contribution is 2.29. The van der Waals surface area contributed by atoms with Crippen LogP contribution in [0.2, 0.25) is 0 Å². The maximum absolute atomic E-state index is 12.0. The fraction of sp³-hybridized carbons (Fsp3) is 0.571. The number of unbranched alkanes of at least 4 members (excludes halogenated alkanes) is 1. The van der Waals surface area contributed by atoms with Crippen LogP contribution in [0.1, 0.15) is 57.9 Å². The first-order valence-electron chi connectivity index (χ1n) is 6.79. The first-order valence-corrected chi connectivity index (χ1v) is 6.79. The maximum Gasteiger partial charge on any atom is 0.287 e. The molecule has 0 unspecified atom stereocenters. The van der Waals surface area contributed by atoms with Crippen LogP contribution in [0.15, 0.2) is 4.42 Å². The zero-order chi connectivity index (χ0) is 13.8. The summed E-state index contributed by atoms with van der Waals surface area (Å²) in [5.74, 6) is 0.801. The number of Topliss-reactive ketones (excluding diaryl/α,β-unsaturated/α-hetero) is 1. The second-order valence-electron chi connectivity index (χ2n) is 4.88. The summed E-state index contributed by atoms with van der Waals surface area (Å²) in [6.45, 7) is 2.98. The molecule has 0 saturated heterocycles. The number of amides is 1. The molecule has 0 spiro atoms. The van der Waals surface area contributed by atoms with E-state index in [0.29, 0.717) is 36.4 Å². The van der Waals surface area contributed by atoms with Crippen molar-refractivity contribution in [2.24, 2.45) is 5.73 Å². The van der Waals surface area contributed by atoms with Gasteiger partial charge < -0.3 is 15.5 Å². The number of fused-ring (bicyclic) bond motifs is 1. The number of aryl methyl sites for hydroxylation is 1. The predicted octanol–water partition coefficient (Wildman–Crippen LogP) is 2.00. The van der Waals surface area contributed by atoms with Gasteiger partial charge >= 0.3 is 0 Å². The zero-order valence-corrected chi connectivity index (χ0v) is 12.5. The molecule has 1 amide bonds. The quantitative estimate of drug-likeness (QED) is 0.814. The maximum atomic E-state index is 12.0. The van der Waals surface area contributed by atoms with Gasteiger partial charge in [-0.05, 0) is 32.7 Å². The van der Waals surface area contributed by atoms with Gasteiger partial charge in [-0.25, -0.2) is 0 Å². The standard InChI is InChI=1S/C14H20N2O3.ClH/c1-9-12-10(17)5-4-6-11(12)19-13(9)14(18)16-8-3-2-7-15;/h2-8,15H2,1H3,(H,16,18);1H. The van der Waals surface area contributed by atoms with Crippen molar-refractivity contribution in [2.75, 3.05) is 13.1 Å². The Bertz CT molecular complexity index is 497. The normalized spacial score (nSPS) is 13.6. The van der Waals surface area contributed by atoms with Crippen LogP contribution >= 0.6 is 12.4 Å². The van der Waals surface area contributed by atoms with Gasteiger partial charge in [0.25, 0.3) is 5.91 Å². The van der Waals surface area contributed by atoms with Crippen molar-refractivity contribution in [3.8, 4) is 0 Å². The van der Waals surface area contributed by atoms with E-state index >= 15 is 0 Å². The van der Waals surface area contributed by atoms with E-state index in [2.05, 4.69) is 5.32 Å². The molecule has 2 rings (SSSR count). The number of hydrogen-bond acceptors (Lipinski definition) is 4. The minimum atomic E-state index is -0.239. The second kappa shape index (κ2) is 7.45. The van der Waals surface area contributed by atoms with E-state index in [4.69, 9.17) is 10.2 Å². The van der Waals surface area contributed by atoms with Gasteiger partial charge in [-0.3, -0.25) is 9.59 Å². The molecule has 1 heterocycles. The lowest BCUT2D eigenvalue weighted by Gasteiger charge is -2.07. The summed E-state index contributed by atoms with van der Waals surface area (Å²) in [6.07, 6.45) is 3.82. The molecule has 1 aromatic heterocycles. The molecule has 5 nitrogen and oxygen atoms in total. The Balaban J connectivity index is 0.00000200. The highest BCUT2D eigenvalue weighted by Gasteiger charge is 2.28. The van der Waals surface area contributed by atoms with Crippen molar-refractivity contribution in [1.29, 1.82) is 0 Å². The van der Waals surface area contributed by atoms with Crippen molar-refractivity contribution in [3.63, 3.8) is 0 Å². The lowest BCUT2D eigenvalue weighted by molar-refractivity contribution is 0.0919. The summed E-state index contributed by atoms with van der Waals surface area (Å²) in [6, 6.07) is 0. The molecule has 112 valence electrons. The van der Waals surface area contributed by atoms with E-state index in [-0.39, 0.29) is 29.9 Å². The molecule has 0 bridgehead atoms. The molecule has 20 heavy (non-hydrogen) atoms. The smallest absolute Gasteiger partial charge is 0.287 e. The summed E-state index contributed by atoms with van der Waals surface area (Å²) in [4.78, 5) is 23.8. The third-order valence-corrected chi connectivity index (χ3v) is 3.43. The number of carbonyl (C=O) groups is 2. The molecule has 0 atom stereocenters. The number of rotatable bonds is 5. The van der Waals surface area contributed by atoms with E-state index in [1.807, 2.05) is 0 Å². The number of nitrogens with two attached hydrogens (primary N) is 1. The lowest BCUT2D eigenvalue weighted by atomic mass is 9.94. The molecule has 0 fully saturated rings. The van der Waals surface area contributed by atoms with Crippen molar-refractivity contribution < 1.29 is 14.0 Å². The topological polar surface area (TPSA) is 85.3 Å². The highest BCUT2D eigenvalue weighted by atomic mass is 35.5. The summed E-state index contributed by atoms with van der Waals surface area (Å²) in [7, 11) is 0. The van der Waals surface area contributed by atoms with E-state index in [1.165, 1.54) is 0 Å². The average Bonchev–Trinajstić information content (AvgIpc) is 2.73. The van der Waals surface area contributed by atoms with Gasteiger partial charge in [-0.2, -0.15) is 0 Å². The number of ketones is 1. The largest absolute Gasteiger partial charge is 0.455 e. The number of halogens is 1. The predicted molar refractivity (Wildman–Crippen MR) is 78.6 cm³/mol. The Morgan fingerprint density at radius 1 is 1.35 bits per heavy atom. The zero-order valence-electron chi connectivity index (χ0n) is 11.7. The Morgan fingerprint density at radius 2 is 2.10 bits per heavy atom. The molecule has 1 aromatic rings. The third-order valence-electron chi connectivity index (χ3n) is 3.43. The van der Waals surface area contributed by atoms with E-state index < -0.39 is 0 Å². The molecule has 0 saturated carbocycles. The van der Waals surface area contributed by atoms with Gasteiger partial charge in [0.15, 0.2) is 11.5 Å². The summed E-state index contributed by atoms with van der Waals surface area (Å²) in [5.41, 5.74) is 6.69. The van der Waals surface area contributed by atoms with Gasteiger partial charge in [0.1, 0.15) is 5.76 Å². The van der Waals surface area contributed by atoms with Gasteiger partial charge in [-0.1, -0.05) is 0 Å². The van der Waals surface area contributed by atoms with Gasteiger partial charge in [0.05, 0.1) is 5.56 Å². The number of carbonyl (C=O) groups excluding carboxylic acids is 2. The number of furan rings is 1. The fourth-order valence-electron chi connectivity index (χ4n) is 2.42. The Morgan fingerprint density at radius 3 is 2.75 bits per heavy atom. The van der Waals surface area contributed by atoms with Gasteiger partial charge in [0.2, 0.25) is 0 Å². The number of hydrogen-bond donors (Lipinski definition) is 2. The molecule has 1 aliphatic carbocycles. The summed E-state index contributed by atoms with van der Waals surface area (Å²) < 4.78 is 5.57. The van der Waals surface area contributed by atoms with Crippen LogP contribution in [0, 0.1) is 6.92 Å². The van der Waals surface area contributed by atoms with Crippen molar-refractivity contribution in [2.45, 2.75) is 39.0 Å². The third kappa shape index (κ3) is 3.41. The minimum Gasteiger partial charge on any atom is -0.455 e. The minimum absolute atomic E-state index is 0. The number of nitrogens with one attached hydrogen (secondary N) is 1. The summed E-state index contributed by atoms with van der Waals surface area (Å²) in [5, 5.41) is 2.80. The van der Waals surface area contributed by atoms with Crippen molar-refractivity contribution in [1.82, 2.24) is 5.32 Å². The van der Waals surface area contributed by atoms with Crippen LogP contribution < -0.4 is 11.1 Å². The van der Waals surface area contributed by atoms with Crippen LogP contribution in [0.3, 0.4) is 0 Å². The molecular formula is C14H21ClN2O3. The van der Waals surface area contributed by atoms with Crippen molar-refractivity contribution >= 4 is 24.1 Å². The van der Waals surface area contributed by atoms with E-state index in [1.54, 1.807) is 6.92 Å². The highest BCUT2D eigenvalue weighted by molar-refractivity contribution is 6.03.